The van der Waals surface area contributed by atoms with Crippen LogP contribution in [0.2, 0.25) is 0 Å². The summed E-state index contributed by atoms with van der Waals surface area (Å²) in [6.45, 7) is -0.238. The Kier molecular flexibility index (Phi) is 4.42. The van der Waals surface area contributed by atoms with Gasteiger partial charge in [0, 0.05) is 12.6 Å². The summed E-state index contributed by atoms with van der Waals surface area (Å²) >= 11 is 5.77. The van der Waals surface area contributed by atoms with Gasteiger partial charge in [0.1, 0.15) is 0 Å². The predicted octanol–water partition coefficient (Wildman–Crippen LogP) is 4.11. The summed E-state index contributed by atoms with van der Waals surface area (Å²) in [7, 11) is 0. The Bertz CT molecular complexity index is 278. The molecule has 1 aliphatic heterocycles. The Morgan fingerprint density at radius 1 is 1.06 bits per heavy atom. The van der Waals surface area contributed by atoms with E-state index in [4.69, 9.17) is 11.6 Å². The molecule has 1 saturated heterocycles. The van der Waals surface area contributed by atoms with Gasteiger partial charge < -0.3 is 0 Å². The van der Waals surface area contributed by atoms with Crippen LogP contribution in [0.25, 0.3) is 0 Å². The maximum absolute atomic E-state index is 14.0. The average Bonchev–Trinajstić information content (AvgIpc) is 2.32. The minimum absolute atomic E-state index is 0.0693. The van der Waals surface area contributed by atoms with Crippen LogP contribution in [0, 0.1) is 5.92 Å². The van der Waals surface area contributed by atoms with E-state index < -0.39 is 23.8 Å². The van der Waals surface area contributed by atoms with Gasteiger partial charge in [-0.25, -0.2) is 4.39 Å². The van der Waals surface area contributed by atoms with Crippen molar-refractivity contribution in [2.24, 2.45) is 5.92 Å². The Balaban J connectivity index is 2.06. The number of halogens is 5. The van der Waals surface area contributed by atoms with Crippen LogP contribution in [-0.4, -0.2) is 35.3 Å². The molecule has 0 aromatic carbocycles. The summed E-state index contributed by atoms with van der Waals surface area (Å²) in [5.74, 6) is -1.49. The van der Waals surface area contributed by atoms with E-state index in [-0.39, 0.29) is 19.0 Å². The fourth-order valence-corrected chi connectivity index (χ4v) is 3.38. The monoisotopic (exact) mass is 287 g/mol. The molecule has 3 atom stereocenters. The first-order valence-corrected chi connectivity index (χ1v) is 6.94. The predicted molar refractivity (Wildman–Crippen MR) is 62.3 cm³/mol. The van der Waals surface area contributed by atoms with E-state index in [1.807, 2.05) is 0 Å². The Morgan fingerprint density at radius 2 is 1.67 bits per heavy atom. The highest BCUT2D eigenvalue weighted by Gasteiger charge is 2.49. The number of alkyl halides is 5. The molecule has 1 heterocycles. The second kappa shape index (κ2) is 5.53. The van der Waals surface area contributed by atoms with Crippen LogP contribution in [0.5, 0.6) is 0 Å². The number of nitrogens with zero attached hydrogens (tertiary/aromatic N) is 1. The van der Waals surface area contributed by atoms with Gasteiger partial charge >= 0.3 is 6.18 Å². The molecule has 0 bridgehead atoms. The molecule has 3 unspecified atom stereocenters. The second-order valence-electron chi connectivity index (χ2n) is 5.35. The fraction of sp³-hybridized carbons (Fsp3) is 1.00. The maximum atomic E-state index is 14.0. The fourth-order valence-electron chi connectivity index (χ4n) is 3.02. The summed E-state index contributed by atoms with van der Waals surface area (Å²) in [5.41, 5.74) is 0. The summed E-state index contributed by atoms with van der Waals surface area (Å²) in [6, 6.07) is -0.0693. The molecule has 0 amide bonds. The van der Waals surface area contributed by atoms with E-state index in [0.717, 1.165) is 32.1 Å². The van der Waals surface area contributed by atoms with Crippen LogP contribution < -0.4 is 0 Å². The van der Waals surface area contributed by atoms with Gasteiger partial charge in [0.05, 0.1) is 11.3 Å². The summed E-state index contributed by atoms with van der Waals surface area (Å²) in [4.78, 5) is 1.36. The van der Waals surface area contributed by atoms with Crippen LogP contribution in [0.3, 0.4) is 0 Å². The number of likely N-dealkylation sites (tertiary alicyclic amines) is 1. The summed E-state index contributed by atoms with van der Waals surface area (Å²) in [5, 5.41) is -1.05. The summed E-state index contributed by atoms with van der Waals surface area (Å²) < 4.78 is 52.3. The van der Waals surface area contributed by atoms with Crippen LogP contribution in [0.4, 0.5) is 17.6 Å². The molecule has 2 aliphatic rings. The van der Waals surface area contributed by atoms with Crippen molar-refractivity contribution in [1.29, 1.82) is 0 Å². The van der Waals surface area contributed by atoms with Gasteiger partial charge in [0.15, 0.2) is 6.30 Å². The van der Waals surface area contributed by atoms with Crippen molar-refractivity contribution < 1.29 is 17.6 Å². The minimum atomic E-state index is -4.28. The van der Waals surface area contributed by atoms with Crippen LogP contribution in [-0.2, 0) is 0 Å². The standard InChI is InChI=1S/C12H18ClF4N/c13-10-6-8(12(15,16)17)7-18(11(10)14)9-4-2-1-3-5-9/h8-11H,1-7H2. The molecule has 0 aromatic rings. The first kappa shape index (κ1) is 14.4. The number of hydrogen-bond acceptors (Lipinski definition) is 1. The van der Waals surface area contributed by atoms with Gasteiger partial charge in [0.25, 0.3) is 0 Å². The molecule has 2 rings (SSSR count). The largest absolute Gasteiger partial charge is 0.393 e. The van der Waals surface area contributed by atoms with Gasteiger partial charge in [-0.2, -0.15) is 13.2 Å². The van der Waals surface area contributed by atoms with E-state index in [0.29, 0.717) is 0 Å². The topological polar surface area (TPSA) is 3.24 Å². The van der Waals surface area contributed by atoms with Crippen molar-refractivity contribution >= 4 is 11.6 Å². The molecule has 0 N–H and O–H groups in total. The van der Waals surface area contributed by atoms with Gasteiger partial charge in [0.2, 0.25) is 0 Å². The molecular weight excluding hydrogens is 270 g/mol. The van der Waals surface area contributed by atoms with Gasteiger partial charge in [-0.3, -0.25) is 4.90 Å². The van der Waals surface area contributed by atoms with Crippen LogP contribution in [0.1, 0.15) is 38.5 Å². The Labute approximate surface area is 109 Å². The molecule has 0 radical (unpaired) electrons. The zero-order chi connectivity index (χ0) is 13.3. The van der Waals surface area contributed by atoms with Gasteiger partial charge in [-0.05, 0) is 19.3 Å². The van der Waals surface area contributed by atoms with E-state index in [1.54, 1.807) is 0 Å². The minimum Gasteiger partial charge on any atom is -0.269 e. The van der Waals surface area contributed by atoms with Crippen molar-refractivity contribution in [1.82, 2.24) is 4.90 Å². The second-order valence-corrected chi connectivity index (χ2v) is 5.91. The molecular formula is C12H18ClF4N. The zero-order valence-corrected chi connectivity index (χ0v) is 10.9. The molecule has 1 saturated carbocycles. The van der Waals surface area contributed by atoms with E-state index in [2.05, 4.69) is 0 Å². The lowest BCUT2D eigenvalue weighted by Gasteiger charge is -2.44. The van der Waals surface area contributed by atoms with E-state index in [9.17, 15) is 17.6 Å². The lowest BCUT2D eigenvalue weighted by atomic mass is 9.89. The molecule has 0 aromatic heterocycles. The van der Waals surface area contributed by atoms with Crippen LogP contribution >= 0.6 is 11.6 Å². The average molecular weight is 288 g/mol. The zero-order valence-electron chi connectivity index (χ0n) is 10.1. The van der Waals surface area contributed by atoms with Crippen molar-refractivity contribution in [3.05, 3.63) is 0 Å². The molecule has 106 valence electrons. The van der Waals surface area contributed by atoms with Crippen molar-refractivity contribution in [2.75, 3.05) is 6.54 Å². The molecule has 1 aliphatic carbocycles. The lowest BCUT2D eigenvalue weighted by Crippen LogP contribution is -2.55. The third kappa shape index (κ3) is 3.10. The Hall–Kier alpha value is -0.0300. The first-order chi connectivity index (χ1) is 8.39. The van der Waals surface area contributed by atoms with Gasteiger partial charge in [-0.15, -0.1) is 11.6 Å². The number of rotatable bonds is 1. The Morgan fingerprint density at radius 3 is 2.22 bits per heavy atom. The highest BCUT2D eigenvalue weighted by atomic mass is 35.5. The maximum Gasteiger partial charge on any atom is 0.393 e. The van der Waals surface area contributed by atoms with Gasteiger partial charge in [-0.1, -0.05) is 19.3 Å². The first-order valence-electron chi connectivity index (χ1n) is 6.50. The molecule has 6 heteroatoms. The normalized spacial score (nSPS) is 36.8. The smallest absolute Gasteiger partial charge is 0.269 e. The highest BCUT2D eigenvalue weighted by molar-refractivity contribution is 6.21. The third-order valence-corrected chi connectivity index (χ3v) is 4.45. The SMILES string of the molecule is FC1C(Cl)CC(C(F)(F)F)CN1C1CCCCC1. The highest BCUT2D eigenvalue weighted by Crippen LogP contribution is 2.40. The molecule has 2 fully saturated rings. The number of piperidine rings is 1. The summed E-state index contributed by atoms with van der Waals surface area (Å²) in [6.07, 6.45) is -1.42. The van der Waals surface area contributed by atoms with Crippen molar-refractivity contribution in [3.8, 4) is 0 Å². The quantitative estimate of drug-likeness (QED) is 0.399. The third-order valence-electron chi connectivity index (χ3n) is 4.06. The van der Waals surface area contributed by atoms with Crippen molar-refractivity contribution in [2.45, 2.75) is 62.4 Å². The van der Waals surface area contributed by atoms with Crippen LogP contribution in [0.15, 0.2) is 0 Å². The molecule has 0 spiro atoms. The van der Waals surface area contributed by atoms with E-state index in [1.165, 1.54) is 4.90 Å². The van der Waals surface area contributed by atoms with Crippen molar-refractivity contribution in [3.63, 3.8) is 0 Å². The number of hydrogen-bond donors (Lipinski definition) is 0. The lowest BCUT2D eigenvalue weighted by molar-refractivity contribution is -0.198. The molecule has 1 nitrogen and oxygen atoms in total. The molecule has 18 heavy (non-hydrogen) atoms. The van der Waals surface area contributed by atoms with E-state index >= 15 is 0 Å².